The van der Waals surface area contributed by atoms with Crippen LogP contribution in [0, 0.1) is 16.7 Å². The fraction of sp³-hybridized carbons (Fsp3) is 0.692. The Morgan fingerprint density at radius 2 is 1.66 bits per heavy atom. The second kappa shape index (κ2) is 10.2. The zero-order valence-electron chi connectivity index (χ0n) is 21.0. The molecule has 0 aromatic heterocycles. The van der Waals surface area contributed by atoms with E-state index in [4.69, 9.17) is 14.2 Å². The van der Waals surface area contributed by atoms with Crippen LogP contribution in [-0.2, 0) is 19.1 Å². The highest BCUT2D eigenvalue weighted by molar-refractivity contribution is 5.93. The molecule has 1 aromatic rings. The van der Waals surface area contributed by atoms with E-state index in [-0.39, 0.29) is 22.7 Å². The van der Waals surface area contributed by atoms with Gasteiger partial charge >= 0.3 is 5.97 Å². The summed E-state index contributed by atoms with van der Waals surface area (Å²) in [6.07, 6.45) is 2.98. The van der Waals surface area contributed by atoms with Crippen molar-refractivity contribution in [2.45, 2.75) is 93.0 Å². The molecule has 1 fully saturated rings. The molecule has 6 nitrogen and oxygen atoms in total. The second-order valence-corrected chi connectivity index (χ2v) is 11.5. The highest BCUT2D eigenvalue weighted by atomic mass is 16.7. The number of hydrogen-bond acceptors (Lipinski definition) is 5. The van der Waals surface area contributed by atoms with Gasteiger partial charge in [-0.2, -0.15) is 0 Å². The molecule has 2 rings (SSSR count). The molecule has 1 aliphatic heterocycles. The summed E-state index contributed by atoms with van der Waals surface area (Å²) in [6.45, 7) is 16.7. The summed E-state index contributed by atoms with van der Waals surface area (Å²) in [6, 6.07) is 7.07. The molecular formula is C26H41NO5. The van der Waals surface area contributed by atoms with Gasteiger partial charge in [0, 0.05) is 18.0 Å². The first-order valence-corrected chi connectivity index (χ1v) is 11.6. The molecule has 1 aromatic carbocycles. The van der Waals surface area contributed by atoms with Crippen molar-refractivity contribution in [3.05, 3.63) is 24.3 Å². The molecule has 2 atom stereocenters. The van der Waals surface area contributed by atoms with Crippen molar-refractivity contribution in [3.63, 3.8) is 0 Å². The van der Waals surface area contributed by atoms with Crippen molar-refractivity contribution in [3.8, 4) is 5.75 Å². The Hall–Kier alpha value is -2.08. The molecule has 2 unspecified atom stereocenters. The standard InChI is InChI=1S/C26H41NO5/c1-24(2,3)17-20(25(4,5)6)22(28)27-18-12-14-19(15-13-18)32-26(7,8)23(29)31-21-11-9-10-16-30-21/h12-15,20-21H,9-11,16-17H2,1-8H3,(H,27,28). The van der Waals surface area contributed by atoms with Gasteiger partial charge in [0.15, 0.2) is 5.60 Å². The van der Waals surface area contributed by atoms with E-state index in [0.717, 1.165) is 19.3 Å². The fourth-order valence-corrected chi connectivity index (χ4v) is 3.64. The van der Waals surface area contributed by atoms with Gasteiger partial charge in [0.2, 0.25) is 12.2 Å². The maximum Gasteiger partial charge on any atom is 0.352 e. The zero-order chi connectivity index (χ0) is 24.2. The topological polar surface area (TPSA) is 73.9 Å². The molecule has 1 N–H and O–H groups in total. The average molecular weight is 448 g/mol. The number of esters is 1. The predicted octanol–water partition coefficient (Wildman–Crippen LogP) is 5.95. The van der Waals surface area contributed by atoms with Crippen molar-refractivity contribution in [2.24, 2.45) is 16.7 Å². The van der Waals surface area contributed by atoms with Crippen LogP contribution in [-0.4, -0.2) is 30.4 Å². The van der Waals surface area contributed by atoms with Crippen LogP contribution in [0.25, 0.3) is 0 Å². The van der Waals surface area contributed by atoms with Gasteiger partial charge in [0.1, 0.15) is 5.75 Å². The third-order valence-corrected chi connectivity index (χ3v) is 5.54. The monoisotopic (exact) mass is 447 g/mol. The summed E-state index contributed by atoms with van der Waals surface area (Å²) in [7, 11) is 0. The van der Waals surface area contributed by atoms with E-state index >= 15 is 0 Å². The molecule has 0 bridgehead atoms. The minimum absolute atomic E-state index is 0.0116. The number of carbonyl (C=O) groups excluding carboxylic acids is 2. The molecular weight excluding hydrogens is 406 g/mol. The lowest BCUT2D eigenvalue weighted by Crippen LogP contribution is -2.42. The number of ether oxygens (including phenoxy) is 3. The SMILES string of the molecule is CC(C)(C)CC(C(=O)Nc1ccc(OC(C)(C)C(=O)OC2CCCCO2)cc1)C(C)(C)C. The van der Waals surface area contributed by atoms with Gasteiger partial charge < -0.3 is 19.5 Å². The van der Waals surface area contributed by atoms with Crippen molar-refractivity contribution in [1.29, 1.82) is 0 Å². The summed E-state index contributed by atoms with van der Waals surface area (Å²) in [5, 5.41) is 3.04. The van der Waals surface area contributed by atoms with Crippen LogP contribution in [0.15, 0.2) is 24.3 Å². The number of amides is 1. The molecule has 1 amide bonds. The van der Waals surface area contributed by atoms with Crippen LogP contribution in [0.4, 0.5) is 5.69 Å². The quantitative estimate of drug-likeness (QED) is 0.523. The zero-order valence-corrected chi connectivity index (χ0v) is 21.0. The molecule has 32 heavy (non-hydrogen) atoms. The molecule has 1 heterocycles. The van der Waals surface area contributed by atoms with Gasteiger partial charge in [0.05, 0.1) is 6.61 Å². The van der Waals surface area contributed by atoms with Crippen LogP contribution in [0.2, 0.25) is 0 Å². The number of carbonyl (C=O) groups is 2. The maximum absolute atomic E-state index is 13.0. The van der Waals surface area contributed by atoms with E-state index in [1.165, 1.54) is 0 Å². The van der Waals surface area contributed by atoms with E-state index in [1.54, 1.807) is 38.1 Å². The van der Waals surface area contributed by atoms with Crippen molar-refractivity contribution in [2.75, 3.05) is 11.9 Å². The lowest BCUT2D eigenvalue weighted by atomic mass is 9.71. The van der Waals surface area contributed by atoms with Gasteiger partial charge in [-0.05, 0) is 68.2 Å². The molecule has 0 spiro atoms. The van der Waals surface area contributed by atoms with E-state index in [2.05, 4.69) is 46.9 Å². The highest BCUT2D eigenvalue weighted by Gasteiger charge is 2.36. The molecule has 1 aliphatic rings. The van der Waals surface area contributed by atoms with E-state index in [9.17, 15) is 9.59 Å². The van der Waals surface area contributed by atoms with Gasteiger partial charge in [-0.25, -0.2) is 4.79 Å². The minimum atomic E-state index is -1.16. The van der Waals surface area contributed by atoms with Gasteiger partial charge in [-0.15, -0.1) is 0 Å². The molecule has 0 saturated carbocycles. The molecule has 0 radical (unpaired) electrons. The van der Waals surface area contributed by atoms with E-state index < -0.39 is 17.9 Å². The Morgan fingerprint density at radius 1 is 1.03 bits per heavy atom. The number of hydrogen-bond donors (Lipinski definition) is 1. The van der Waals surface area contributed by atoms with Crippen LogP contribution in [0.5, 0.6) is 5.75 Å². The molecule has 1 saturated heterocycles. The Bertz CT molecular complexity index is 765. The molecule has 180 valence electrons. The van der Waals surface area contributed by atoms with Crippen molar-refractivity contribution >= 4 is 17.6 Å². The summed E-state index contributed by atoms with van der Waals surface area (Å²) in [5.41, 5.74) is -0.556. The summed E-state index contributed by atoms with van der Waals surface area (Å²) < 4.78 is 16.8. The summed E-state index contributed by atoms with van der Waals surface area (Å²) in [4.78, 5) is 25.6. The smallest absolute Gasteiger partial charge is 0.352 e. The number of rotatable bonds is 7. The van der Waals surface area contributed by atoms with Crippen molar-refractivity contribution in [1.82, 2.24) is 0 Å². The molecule has 6 heteroatoms. The van der Waals surface area contributed by atoms with Crippen LogP contribution >= 0.6 is 0 Å². The first kappa shape index (κ1) is 26.2. The molecule has 0 aliphatic carbocycles. The lowest BCUT2D eigenvalue weighted by Gasteiger charge is -2.34. The third kappa shape index (κ3) is 8.12. The average Bonchev–Trinajstić information content (AvgIpc) is 2.66. The Labute approximate surface area is 193 Å². The summed E-state index contributed by atoms with van der Waals surface area (Å²) in [5.74, 6) is -0.0415. The third-order valence-electron chi connectivity index (χ3n) is 5.54. The first-order valence-electron chi connectivity index (χ1n) is 11.6. The lowest BCUT2D eigenvalue weighted by molar-refractivity contribution is -0.199. The highest BCUT2D eigenvalue weighted by Crippen LogP contribution is 2.37. The second-order valence-electron chi connectivity index (χ2n) is 11.5. The maximum atomic E-state index is 13.0. The Kier molecular flexibility index (Phi) is 8.38. The normalized spacial score (nSPS) is 18.6. The van der Waals surface area contributed by atoms with Crippen LogP contribution in [0.3, 0.4) is 0 Å². The van der Waals surface area contributed by atoms with E-state index in [1.807, 2.05) is 0 Å². The van der Waals surface area contributed by atoms with E-state index in [0.29, 0.717) is 24.5 Å². The van der Waals surface area contributed by atoms with Gasteiger partial charge in [-0.3, -0.25) is 4.79 Å². The number of anilines is 1. The Balaban J connectivity index is 1.99. The van der Waals surface area contributed by atoms with Crippen LogP contribution in [0.1, 0.15) is 81.1 Å². The fourth-order valence-electron chi connectivity index (χ4n) is 3.64. The van der Waals surface area contributed by atoms with Crippen molar-refractivity contribution < 1.29 is 23.8 Å². The minimum Gasteiger partial charge on any atom is -0.476 e. The largest absolute Gasteiger partial charge is 0.476 e. The summed E-state index contributed by atoms with van der Waals surface area (Å²) >= 11 is 0. The van der Waals surface area contributed by atoms with Gasteiger partial charge in [0.25, 0.3) is 0 Å². The Morgan fingerprint density at radius 3 is 2.16 bits per heavy atom. The number of nitrogens with one attached hydrogen (secondary N) is 1. The predicted molar refractivity (Wildman–Crippen MR) is 126 cm³/mol. The van der Waals surface area contributed by atoms with Gasteiger partial charge in [-0.1, -0.05) is 41.5 Å². The first-order chi connectivity index (χ1) is 14.7. The number of benzene rings is 1. The van der Waals surface area contributed by atoms with Crippen LogP contribution < -0.4 is 10.1 Å².